The number of hydrogen-bond donors (Lipinski definition) is 1. The zero-order chi connectivity index (χ0) is 22.5. The van der Waals surface area contributed by atoms with Crippen LogP contribution in [0.5, 0.6) is 5.75 Å². The van der Waals surface area contributed by atoms with Crippen molar-refractivity contribution in [1.82, 2.24) is 20.1 Å². The fourth-order valence-corrected chi connectivity index (χ4v) is 4.75. The van der Waals surface area contributed by atoms with Gasteiger partial charge >= 0.3 is 0 Å². The molecule has 2 aromatic rings. The highest BCUT2D eigenvalue weighted by atomic mass is 127. The van der Waals surface area contributed by atoms with Crippen molar-refractivity contribution >= 4 is 29.9 Å². The molecule has 8 heteroatoms. The summed E-state index contributed by atoms with van der Waals surface area (Å²) in [6.45, 7) is 12.0. The molecule has 0 saturated carbocycles. The molecule has 2 saturated heterocycles. The quantitative estimate of drug-likeness (QED) is 0.330. The van der Waals surface area contributed by atoms with E-state index in [0.29, 0.717) is 12.6 Å². The standard InChI is InChI=1S/C25H35N5O2.HI/c1-5-26-25(28-14-21-19(3)24(31-4)18(2)13-27-21)30-16-22-23(17-30)32-12-11-29(22)15-20-9-7-6-8-10-20;/h6-10,13,22-23H,5,11-12,14-17H2,1-4H3,(H,26,28);1H. The lowest BCUT2D eigenvalue weighted by atomic mass is 10.1. The van der Waals surface area contributed by atoms with E-state index in [1.54, 1.807) is 7.11 Å². The zero-order valence-corrected chi connectivity index (χ0v) is 22.4. The lowest BCUT2D eigenvalue weighted by molar-refractivity contribution is -0.0502. The van der Waals surface area contributed by atoms with Gasteiger partial charge in [0.15, 0.2) is 5.96 Å². The third-order valence-electron chi connectivity index (χ3n) is 6.41. The van der Waals surface area contributed by atoms with E-state index in [-0.39, 0.29) is 30.1 Å². The summed E-state index contributed by atoms with van der Waals surface area (Å²) in [4.78, 5) is 14.4. The van der Waals surface area contributed by atoms with E-state index in [9.17, 15) is 0 Å². The van der Waals surface area contributed by atoms with Gasteiger partial charge in [-0.05, 0) is 26.3 Å². The van der Waals surface area contributed by atoms with Gasteiger partial charge in [-0.2, -0.15) is 0 Å². The maximum absolute atomic E-state index is 6.16. The molecule has 4 rings (SSSR count). The SMILES string of the molecule is CCNC(=NCc1ncc(C)c(OC)c1C)N1CC2OCCN(Cc3ccccc3)C2C1.I. The maximum Gasteiger partial charge on any atom is 0.194 e. The van der Waals surface area contributed by atoms with E-state index >= 15 is 0 Å². The fraction of sp³-hybridized carbons (Fsp3) is 0.520. The van der Waals surface area contributed by atoms with Gasteiger partial charge in [0.2, 0.25) is 0 Å². The number of nitrogens with zero attached hydrogens (tertiary/aromatic N) is 4. The van der Waals surface area contributed by atoms with Crippen LogP contribution in [0.1, 0.15) is 29.3 Å². The number of ether oxygens (including phenoxy) is 2. The number of hydrogen-bond acceptors (Lipinski definition) is 5. The predicted molar refractivity (Wildman–Crippen MR) is 142 cm³/mol. The average molecular weight is 566 g/mol. The van der Waals surface area contributed by atoms with Crippen LogP contribution in [0, 0.1) is 13.8 Å². The van der Waals surface area contributed by atoms with Gasteiger partial charge in [-0.15, -0.1) is 24.0 Å². The Morgan fingerprint density at radius 2 is 2.03 bits per heavy atom. The minimum Gasteiger partial charge on any atom is -0.496 e. The molecule has 2 aliphatic rings. The largest absolute Gasteiger partial charge is 0.496 e. The lowest BCUT2D eigenvalue weighted by Gasteiger charge is -2.36. The molecule has 0 aliphatic carbocycles. The van der Waals surface area contributed by atoms with E-state index < -0.39 is 0 Å². The van der Waals surface area contributed by atoms with Crippen molar-refractivity contribution in [3.8, 4) is 5.75 Å². The molecule has 33 heavy (non-hydrogen) atoms. The second kappa shape index (κ2) is 12.0. The summed E-state index contributed by atoms with van der Waals surface area (Å²) >= 11 is 0. The van der Waals surface area contributed by atoms with Crippen LogP contribution >= 0.6 is 24.0 Å². The normalized spacial score (nSPS) is 20.8. The molecule has 0 amide bonds. The zero-order valence-electron chi connectivity index (χ0n) is 20.1. The van der Waals surface area contributed by atoms with Crippen LogP contribution in [-0.4, -0.2) is 72.8 Å². The monoisotopic (exact) mass is 565 g/mol. The van der Waals surface area contributed by atoms with Crippen LogP contribution in [0.3, 0.4) is 0 Å². The molecular formula is C25H36IN5O2. The first-order valence-electron chi connectivity index (χ1n) is 11.5. The van der Waals surface area contributed by atoms with Crippen molar-refractivity contribution in [3.05, 3.63) is 58.9 Å². The first-order chi connectivity index (χ1) is 15.6. The molecule has 1 aromatic heterocycles. The van der Waals surface area contributed by atoms with Gasteiger partial charge in [0, 0.05) is 50.0 Å². The summed E-state index contributed by atoms with van der Waals surface area (Å²) in [5.74, 6) is 1.82. The molecule has 0 bridgehead atoms. The number of fused-ring (bicyclic) bond motifs is 1. The minimum absolute atomic E-state index is 0. The number of likely N-dealkylation sites (tertiary alicyclic amines) is 1. The van der Waals surface area contributed by atoms with E-state index in [1.807, 2.05) is 13.1 Å². The van der Waals surface area contributed by atoms with Gasteiger partial charge in [0.1, 0.15) is 5.75 Å². The number of methoxy groups -OCH3 is 1. The molecule has 7 nitrogen and oxygen atoms in total. The van der Waals surface area contributed by atoms with E-state index in [1.165, 1.54) is 5.56 Å². The lowest BCUT2D eigenvalue weighted by Crippen LogP contribution is -2.50. The number of halogens is 1. The van der Waals surface area contributed by atoms with Crippen LogP contribution in [0.25, 0.3) is 0 Å². The predicted octanol–water partition coefficient (Wildman–Crippen LogP) is 3.38. The van der Waals surface area contributed by atoms with Gasteiger partial charge in [0.25, 0.3) is 0 Å². The Balaban J connectivity index is 0.00000306. The van der Waals surface area contributed by atoms with Gasteiger partial charge in [0.05, 0.1) is 38.1 Å². The Morgan fingerprint density at radius 1 is 1.24 bits per heavy atom. The van der Waals surface area contributed by atoms with Gasteiger partial charge < -0.3 is 19.7 Å². The summed E-state index contributed by atoms with van der Waals surface area (Å²) < 4.78 is 11.7. The molecule has 3 heterocycles. The van der Waals surface area contributed by atoms with Crippen LogP contribution in [-0.2, 0) is 17.8 Å². The van der Waals surface area contributed by atoms with E-state index in [2.05, 4.69) is 64.3 Å². The molecule has 2 fully saturated rings. The fourth-order valence-electron chi connectivity index (χ4n) is 4.75. The first kappa shape index (κ1) is 25.7. The number of guanidine groups is 1. The van der Waals surface area contributed by atoms with E-state index in [4.69, 9.17) is 14.5 Å². The molecule has 1 N–H and O–H groups in total. The van der Waals surface area contributed by atoms with Crippen molar-refractivity contribution in [1.29, 1.82) is 0 Å². The van der Waals surface area contributed by atoms with Crippen LogP contribution < -0.4 is 10.1 Å². The van der Waals surface area contributed by atoms with Gasteiger partial charge in [-0.3, -0.25) is 9.88 Å². The highest BCUT2D eigenvalue weighted by molar-refractivity contribution is 14.0. The number of pyridine rings is 1. The third-order valence-corrected chi connectivity index (χ3v) is 6.41. The molecule has 180 valence electrons. The average Bonchev–Trinajstić information content (AvgIpc) is 3.24. The Kier molecular flexibility index (Phi) is 9.34. The number of aliphatic imine (C=N–C) groups is 1. The molecule has 0 spiro atoms. The smallest absolute Gasteiger partial charge is 0.194 e. The Morgan fingerprint density at radius 3 is 2.76 bits per heavy atom. The number of aromatic nitrogens is 1. The number of aryl methyl sites for hydroxylation is 1. The number of rotatable bonds is 6. The highest BCUT2D eigenvalue weighted by Crippen LogP contribution is 2.26. The van der Waals surface area contributed by atoms with Crippen molar-refractivity contribution < 1.29 is 9.47 Å². The van der Waals surface area contributed by atoms with Gasteiger partial charge in [-0.25, -0.2) is 4.99 Å². The maximum atomic E-state index is 6.16. The Labute approximate surface area is 214 Å². The minimum atomic E-state index is 0. The van der Waals surface area contributed by atoms with Gasteiger partial charge in [-0.1, -0.05) is 30.3 Å². The number of morpholine rings is 1. The van der Waals surface area contributed by atoms with Crippen LogP contribution in [0.4, 0.5) is 0 Å². The van der Waals surface area contributed by atoms with Crippen LogP contribution in [0.2, 0.25) is 0 Å². The second-order valence-corrected chi connectivity index (χ2v) is 8.55. The summed E-state index contributed by atoms with van der Waals surface area (Å²) in [6, 6.07) is 11.1. The van der Waals surface area contributed by atoms with Crippen LogP contribution in [0.15, 0.2) is 41.5 Å². The van der Waals surface area contributed by atoms with Crippen molar-refractivity contribution in [3.63, 3.8) is 0 Å². The molecule has 1 aromatic carbocycles. The Bertz CT molecular complexity index is 940. The number of benzene rings is 1. The summed E-state index contributed by atoms with van der Waals surface area (Å²) in [7, 11) is 1.71. The van der Waals surface area contributed by atoms with Crippen molar-refractivity contribution in [2.24, 2.45) is 4.99 Å². The van der Waals surface area contributed by atoms with Crippen molar-refractivity contribution in [2.45, 2.75) is 46.0 Å². The molecule has 2 atom stereocenters. The number of nitrogens with one attached hydrogen (secondary N) is 1. The topological polar surface area (TPSA) is 62.2 Å². The molecular weight excluding hydrogens is 529 g/mol. The molecule has 0 radical (unpaired) electrons. The Hall–Kier alpha value is -1.91. The van der Waals surface area contributed by atoms with Crippen molar-refractivity contribution in [2.75, 3.05) is 39.9 Å². The summed E-state index contributed by atoms with van der Waals surface area (Å²) in [5.41, 5.74) is 4.40. The second-order valence-electron chi connectivity index (χ2n) is 8.55. The summed E-state index contributed by atoms with van der Waals surface area (Å²) in [6.07, 6.45) is 2.07. The van der Waals surface area contributed by atoms with E-state index in [0.717, 1.165) is 67.9 Å². The first-order valence-corrected chi connectivity index (χ1v) is 11.5. The third kappa shape index (κ3) is 5.96. The molecule has 2 aliphatic heterocycles. The molecule has 2 unspecified atom stereocenters. The highest BCUT2D eigenvalue weighted by Gasteiger charge is 2.41. The summed E-state index contributed by atoms with van der Waals surface area (Å²) in [5, 5.41) is 3.47.